The van der Waals surface area contributed by atoms with Crippen molar-refractivity contribution in [2.75, 3.05) is 13.2 Å². The molecule has 1 aliphatic heterocycles. The van der Waals surface area contributed by atoms with Crippen LogP contribution in [0.25, 0.3) is 0 Å². The average molecular weight is 234 g/mol. The largest absolute Gasteiger partial charge is 0.488 e. The number of hydrogen-bond acceptors (Lipinski definition) is 2. The van der Waals surface area contributed by atoms with E-state index in [2.05, 4.69) is 38.1 Å². The molecule has 0 spiro atoms. The first-order chi connectivity index (χ1) is 8.24. The Morgan fingerprint density at radius 2 is 2.06 bits per heavy atom. The molecule has 2 heteroatoms. The van der Waals surface area contributed by atoms with E-state index < -0.39 is 0 Å². The van der Waals surface area contributed by atoms with Crippen LogP contribution < -0.4 is 4.74 Å². The Balaban J connectivity index is 1.88. The molecule has 2 nitrogen and oxygen atoms in total. The minimum Gasteiger partial charge on any atom is -0.488 e. The zero-order valence-corrected chi connectivity index (χ0v) is 10.8. The second kappa shape index (κ2) is 6.06. The van der Waals surface area contributed by atoms with Gasteiger partial charge in [0.1, 0.15) is 11.9 Å². The number of benzene rings is 1. The van der Waals surface area contributed by atoms with E-state index in [1.165, 1.54) is 5.56 Å². The molecule has 1 atom stereocenters. The van der Waals surface area contributed by atoms with E-state index in [9.17, 15) is 0 Å². The molecule has 0 unspecified atom stereocenters. The summed E-state index contributed by atoms with van der Waals surface area (Å²) in [7, 11) is 0. The van der Waals surface area contributed by atoms with E-state index in [1.54, 1.807) is 0 Å². The van der Waals surface area contributed by atoms with E-state index in [4.69, 9.17) is 9.47 Å². The van der Waals surface area contributed by atoms with Gasteiger partial charge in [0.15, 0.2) is 0 Å². The highest BCUT2D eigenvalue weighted by Crippen LogP contribution is 2.19. The fourth-order valence-electron chi connectivity index (χ4n) is 2.17. The van der Waals surface area contributed by atoms with Gasteiger partial charge in [0.2, 0.25) is 0 Å². The van der Waals surface area contributed by atoms with Crippen molar-refractivity contribution in [2.45, 2.75) is 39.2 Å². The summed E-state index contributed by atoms with van der Waals surface area (Å²) in [6.07, 6.45) is 3.58. The van der Waals surface area contributed by atoms with Gasteiger partial charge in [-0.15, -0.1) is 0 Å². The van der Waals surface area contributed by atoms with Crippen LogP contribution in [0.1, 0.15) is 32.3 Å². The Morgan fingerprint density at radius 3 is 2.65 bits per heavy atom. The number of hydrogen-bond donors (Lipinski definition) is 0. The van der Waals surface area contributed by atoms with Crippen LogP contribution in [0.2, 0.25) is 0 Å². The summed E-state index contributed by atoms with van der Waals surface area (Å²) in [5, 5.41) is 0. The lowest BCUT2D eigenvalue weighted by Crippen LogP contribution is -2.27. The molecule has 17 heavy (non-hydrogen) atoms. The highest BCUT2D eigenvalue weighted by molar-refractivity contribution is 5.27. The number of ether oxygens (including phenoxy) is 2. The van der Waals surface area contributed by atoms with Crippen LogP contribution in [-0.4, -0.2) is 19.3 Å². The quantitative estimate of drug-likeness (QED) is 0.794. The van der Waals surface area contributed by atoms with E-state index in [0.29, 0.717) is 5.92 Å². The first-order valence-corrected chi connectivity index (χ1v) is 6.57. The van der Waals surface area contributed by atoms with Crippen LogP contribution in [0.5, 0.6) is 5.75 Å². The molecule has 0 saturated carbocycles. The minimum atomic E-state index is 0.236. The maximum atomic E-state index is 5.89. The second-order valence-electron chi connectivity index (χ2n) is 5.20. The van der Waals surface area contributed by atoms with Gasteiger partial charge < -0.3 is 9.47 Å². The average Bonchev–Trinajstić information content (AvgIpc) is 2.32. The molecule has 1 aromatic carbocycles. The fourth-order valence-corrected chi connectivity index (χ4v) is 2.17. The predicted molar refractivity (Wildman–Crippen MR) is 69.5 cm³/mol. The van der Waals surface area contributed by atoms with Gasteiger partial charge in [-0.2, -0.15) is 0 Å². The van der Waals surface area contributed by atoms with Crippen LogP contribution in [0.15, 0.2) is 24.3 Å². The Morgan fingerprint density at radius 1 is 1.29 bits per heavy atom. The summed E-state index contributed by atoms with van der Waals surface area (Å²) in [5.41, 5.74) is 1.38. The molecule has 0 amide bonds. The molecule has 2 rings (SSSR count). The molecule has 94 valence electrons. The van der Waals surface area contributed by atoms with Gasteiger partial charge in [0.25, 0.3) is 0 Å². The topological polar surface area (TPSA) is 18.5 Å². The number of rotatable bonds is 4. The fraction of sp³-hybridized carbons (Fsp3) is 0.600. The van der Waals surface area contributed by atoms with Crippen molar-refractivity contribution in [3.05, 3.63) is 29.8 Å². The van der Waals surface area contributed by atoms with E-state index in [-0.39, 0.29) is 6.10 Å². The van der Waals surface area contributed by atoms with Gasteiger partial charge in [-0.25, -0.2) is 0 Å². The van der Waals surface area contributed by atoms with Crippen LogP contribution in [-0.2, 0) is 11.2 Å². The Bertz CT molecular complexity index is 323. The standard InChI is InChI=1S/C15H22O2/c1-12(2)10-13-5-7-14(8-6-13)17-15-4-3-9-16-11-15/h5-8,12,15H,3-4,9-11H2,1-2H3/t15-/m1/s1. The molecule has 1 aromatic rings. The zero-order valence-electron chi connectivity index (χ0n) is 10.8. The van der Waals surface area contributed by atoms with Gasteiger partial charge >= 0.3 is 0 Å². The molecular weight excluding hydrogens is 212 g/mol. The summed E-state index contributed by atoms with van der Waals surface area (Å²) < 4.78 is 11.3. The second-order valence-corrected chi connectivity index (χ2v) is 5.20. The summed E-state index contributed by atoms with van der Waals surface area (Å²) >= 11 is 0. The third kappa shape index (κ3) is 4.04. The van der Waals surface area contributed by atoms with Gasteiger partial charge in [-0.1, -0.05) is 26.0 Å². The maximum Gasteiger partial charge on any atom is 0.122 e. The lowest BCUT2D eigenvalue weighted by molar-refractivity contribution is 0.00742. The molecular formula is C15H22O2. The van der Waals surface area contributed by atoms with Gasteiger partial charge in [-0.05, 0) is 42.9 Å². The van der Waals surface area contributed by atoms with Crippen LogP contribution in [0, 0.1) is 5.92 Å². The smallest absolute Gasteiger partial charge is 0.122 e. The summed E-state index contributed by atoms with van der Waals surface area (Å²) in [6.45, 7) is 6.09. The van der Waals surface area contributed by atoms with Gasteiger partial charge in [0.05, 0.1) is 6.61 Å². The third-order valence-corrected chi connectivity index (χ3v) is 2.99. The molecule has 0 bridgehead atoms. The van der Waals surface area contributed by atoms with E-state index >= 15 is 0 Å². The van der Waals surface area contributed by atoms with Crippen LogP contribution in [0.4, 0.5) is 0 Å². The Labute approximate surface area is 104 Å². The van der Waals surface area contributed by atoms with Crippen LogP contribution in [0.3, 0.4) is 0 Å². The van der Waals surface area contributed by atoms with Crippen molar-refractivity contribution in [2.24, 2.45) is 5.92 Å². The monoisotopic (exact) mass is 234 g/mol. The lowest BCUT2D eigenvalue weighted by atomic mass is 10.0. The first-order valence-electron chi connectivity index (χ1n) is 6.57. The highest BCUT2D eigenvalue weighted by atomic mass is 16.5. The van der Waals surface area contributed by atoms with Crippen molar-refractivity contribution in [3.63, 3.8) is 0 Å². The molecule has 0 aromatic heterocycles. The molecule has 0 N–H and O–H groups in total. The summed E-state index contributed by atoms with van der Waals surface area (Å²) in [6, 6.07) is 8.48. The van der Waals surface area contributed by atoms with Crippen molar-refractivity contribution in [1.82, 2.24) is 0 Å². The van der Waals surface area contributed by atoms with Gasteiger partial charge in [-0.3, -0.25) is 0 Å². The lowest BCUT2D eigenvalue weighted by Gasteiger charge is -2.23. The molecule has 1 heterocycles. The normalized spacial score (nSPS) is 20.5. The predicted octanol–water partition coefficient (Wildman–Crippen LogP) is 3.44. The Kier molecular flexibility index (Phi) is 4.43. The van der Waals surface area contributed by atoms with Crippen molar-refractivity contribution in [1.29, 1.82) is 0 Å². The summed E-state index contributed by atoms with van der Waals surface area (Å²) in [4.78, 5) is 0. The van der Waals surface area contributed by atoms with Crippen LogP contribution >= 0.6 is 0 Å². The third-order valence-electron chi connectivity index (χ3n) is 2.99. The van der Waals surface area contributed by atoms with E-state index in [1.807, 2.05) is 0 Å². The highest BCUT2D eigenvalue weighted by Gasteiger charge is 2.15. The molecule has 0 aliphatic carbocycles. The maximum absolute atomic E-state index is 5.89. The summed E-state index contributed by atoms with van der Waals surface area (Å²) in [5.74, 6) is 1.67. The van der Waals surface area contributed by atoms with Gasteiger partial charge in [0, 0.05) is 6.61 Å². The van der Waals surface area contributed by atoms with Crippen molar-refractivity contribution >= 4 is 0 Å². The molecule has 0 radical (unpaired) electrons. The first kappa shape index (κ1) is 12.4. The zero-order chi connectivity index (χ0) is 12.1. The van der Waals surface area contributed by atoms with E-state index in [0.717, 1.165) is 38.2 Å². The SMILES string of the molecule is CC(C)Cc1ccc(O[C@@H]2CCCOC2)cc1. The molecule has 1 fully saturated rings. The minimum absolute atomic E-state index is 0.236. The Hall–Kier alpha value is -1.02. The molecule has 1 saturated heterocycles. The van der Waals surface area contributed by atoms with Crippen molar-refractivity contribution in [3.8, 4) is 5.75 Å². The molecule has 1 aliphatic rings. The van der Waals surface area contributed by atoms with Crippen molar-refractivity contribution < 1.29 is 9.47 Å².